The highest BCUT2D eigenvalue weighted by Crippen LogP contribution is 2.25. The topological polar surface area (TPSA) is 89.1 Å². The molecular formula is C18H18N4O3. The maximum Gasteiger partial charge on any atom is 0.413 e. The summed E-state index contributed by atoms with van der Waals surface area (Å²) in [4.78, 5) is 23.8. The summed E-state index contributed by atoms with van der Waals surface area (Å²) in [6.45, 7) is 3.03. The zero-order valence-corrected chi connectivity index (χ0v) is 13.8. The second kappa shape index (κ2) is 6.52. The van der Waals surface area contributed by atoms with Crippen LogP contribution in [0.3, 0.4) is 0 Å². The molecule has 1 amide bonds. The first-order valence-corrected chi connectivity index (χ1v) is 8.14. The van der Waals surface area contributed by atoms with Crippen molar-refractivity contribution in [3.05, 3.63) is 42.4 Å². The molecule has 7 nitrogen and oxygen atoms in total. The molecule has 0 saturated carbocycles. The largest absolute Gasteiger partial charge is 0.443 e. The van der Waals surface area contributed by atoms with Crippen molar-refractivity contribution in [1.82, 2.24) is 15.0 Å². The highest BCUT2D eigenvalue weighted by atomic mass is 16.6. The van der Waals surface area contributed by atoms with Crippen LogP contribution in [0.1, 0.15) is 12.1 Å². The Labute approximate surface area is 144 Å². The fraction of sp³-hybridized carbons (Fsp3) is 0.278. The van der Waals surface area contributed by atoms with E-state index in [0.29, 0.717) is 19.0 Å². The molecule has 1 saturated heterocycles. The molecule has 128 valence electrons. The van der Waals surface area contributed by atoms with Gasteiger partial charge in [-0.1, -0.05) is 0 Å². The van der Waals surface area contributed by atoms with Crippen LogP contribution in [0.4, 0.5) is 10.6 Å². The molecule has 25 heavy (non-hydrogen) atoms. The molecule has 0 radical (unpaired) electrons. The second-order valence-electron chi connectivity index (χ2n) is 6.04. The molecule has 7 heteroatoms. The SMILES string of the molecule is Cc1cc(-c2cc3cnc(NC(=O)O[C@@H]4CCOC4)cc3[nH]2)ccn1. The Morgan fingerprint density at radius 2 is 2.28 bits per heavy atom. The Morgan fingerprint density at radius 3 is 3.08 bits per heavy atom. The fourth-order valence-corrected chi connectivity index (χ4v) is 2.85. The first kappa shape index (κ1) is 15.6. The van der Waals surface area contributed by atoms with Crippen LogP contribution in [-0.2, 0) is 9.47 Å². The van der Waals surface area contributed by atoms with Crippen molar-refractivity contribution < 1.29 is 14.3 Å². The van der Waals surface area contributed by atoms with Crippen molar-refractivity contribution in [3.63, 3.8) is 0 Å². The van der Waals surface area contributed by atoms with Crippen LogP contribution in [0.25, 0.3) is 22.2 Å². The number of aryl methyl sites for hydroxylation is 1. The van der Waals surface area contributed by atoms with Crippen molar-refractivity contribution in [2.45, 2.75) is 19.4 Å². The minimum Gasteiger partial charge on any atom is -0.443 e. The van der Waals surface area contributed by atoms with Crippen LogP contribution >= 0.6 is 0 Å². The van der Waals surface area contributed by atoms with E-state index in [4.69, 9.17) is 9.47 Å². The predicted octanol–water partition coefficient (Wildman–Crippen LogP) is 3.27. The molecule has 3 aromatic heterocycles. The molecule has 1 atom stereocenters. The van der Waals surface area contributed by atoms with Crippen molar-refractivity contribution in [2.24, 2.45) is 0 Å². The summed E-state index contributed by atoms with van der Waals surface area (Å²) >= 11 is 0. The summed E-state index contributed by atoms with van der Waals surface area (Å²) in [6.07, 6.45) is 3.53. The molecule has 4 rings (SSSR count). The number of ether oxygens (including phenoxy) is 2. The monoisotopic (exact) mass is 338 g/mol. The van der Waals surface area contributed by atoms with Gasteiger partial charge in [-0.15, -0.1) is 0 Å². The summed E-state index contributed by atoms with van der Waals surface area (Å²) < 4.78 is 10.5. The molecule has 4 heterocycles. The Hall–Kier alpha value is -2.93. The van der Waals surface area contributed by atoms with E-state index in [2.05, 4.69) is 20.3 Å². The quantitative estimate of drug-likeness (QED) is 0.765. The van der Waals surface area contributed by atoms with Crippen LogP contribution in [0.5, 0.6) is 0 Å². The van der Waals surface area contributed by atoms with Gasteiger partial charge in [0.2, 0.25) is 0 Å². The molecular weight excluding hydrogens is 320 g/mol. The zero-order chi connectivity index (χ0) is 17.2. The maximum absolute atomic E-state index is 11.9. The molecule has 1 aliphatic heterocycles. The van der Waals surface area contributed by atoms with Gasteiger partial charge in [-0.2, -0.15) is 0 Å². The van der Waals surface area contributed by atoms with Crippen LogP contribution in [0.15, 0.2) is 36.7 Å². The zero-order valence-electron chi connectivity index (χ0n) is 13.8. The number of anilines is 1. The third-order valence-electron chi connectivity index (χ3n) is 4.10. The summed E-state index contributed by atoms with van der Waals surface area (Å²) in [6, 6.07) is 7.78. The summed E-state index contributed by atoms with van der Waals surface area (Å²) in [5, 5.41) is 3.63. The van der Waals surface area contributed by atoms with Crippen LogP contribution in [0, 0.1) is 6.92 Å². The van der Waals surface area contributed by atoms with Crippen LogP contribution in [-0.4, -0.2) is 40.4 Å². The third-order valence-corrected chi connectivity index (χ3v) is 4.10. The van der Waals surface area contributed by atoms with Crippen LogP contribution in [0.2, 0.25) is 0 Å². The Bertz CT molecular complexity index is 916. The number of rotatable bonds is 3. The minimum absolute atomic E-state index is 0.184. The number of aromatic nitrogens is 3. The number of nitrogens with zero attached hydrogens (tertiary/aromatic N) is 2. The number of nitrogens with one attached hydrogen (secondary N) is 2. The molecule has 2 N–H and O–H groups in total. The maximum atomic E-state index is 11.9. The van der Waals surface area contributed by atoms with E-state index in [0.717, 1.165) is 34.3 Å². The average Bonchev–Trinajstić information content (AvgIpc) is 3.23. The standard InChI is InChI=1S/C18H18N4O3/c1-11-6-12(2-4-19-11)15-7-13-9-20-17(8-16(13)21-15)22-18(23)25-14-3-5-24-10-14/h2,4,6-9,14,21H,3,5,10H2,1H3,(H,20,22,23)/t14-/m1/s1. The molecule has 3 aromatic rings. The van der Waals surface area contributed by atoms with E-state index in [-0.39, 0.29) is 6.10 Å². The van der Waals surface area contributed by atoms with Gasteiger partial charge in [-0.3, -0.25) is 10.3 Å². The molecule has 0 aliphatic carbocycles. The van der Waals surface area contributed by atoms with Gasteiger partial charge < -0.3 is 14.5 Å². The lowest BCUT2D eigenvalue weighted by atomic mass is 10.2. The van der Waals surface area contributed by atoms with E-state index < -0.39 is 6.09 Å². The molecule has 1 fully saturated rings. The van der Waals surface area contributed by atoms with Crippen molar-refractivity contribution >= 4 is 22.8 Å². The third kappa shape index (κ3) is 3.46. The minimum atomic E-state index is -0.515. The van der Waals surface area contributed by atoms with Gasteiger partial charge in [-0.25, -0.2) is 9.78 Å². The smallest absolute Gasteiger partial charge is 0.413 e. The number of carbonyl (C=O) groups excluding carboxylic acids is 1. The Kier molecular flexibility index (Phi) is 4.07. The second-order valence-corrected chi connectivity index (χ2v) is 6.04. The van der Waals surface area contributed by atoms with E-state index in [1.165, 1.54) is 0 Å². The molecule has 0 unspecified atom stereocenters. The van der Waals surface area contributed by atoms with Gasteiger partial charge in [0.05, 0.1) is 18.7 Å². The van der Waals surface area contributed by atoms with Gasteiger partial charge in [0, 0.05) is 47.2 Å². The number of pyridine rings is 2. The van der Waals surface area contributed by atoms with Crippen molar-refractivity contribution in [2.75, 3.05) is 18.5 Å². The number of fused-ring (bicyclic) bond motifs is 1. The number of hydrogen-bond donors (Lipinski definition) is 2. The molecule has 0 spiro atoms. The lowest BCUT2D eigenvalue weighted by Gasteiger charge is -2.10. The Morgan fingerprint density at radius 1 is 1.36 bits per heavy atom. The lowest BCUT2D eigenvalue weighted by Crippen LogP contribution is -2.22. The van der Waals surface area contributed by atoms with E-state index >= 15 is 0 Å². The summed E-state index contributed by atoms with van der Waals surface area (Å²) in [5.41, 5.74) is 3.87. The Balaban J connectivity index is 1.52. The van der Waals surface area contributed by atoms with E-state index in [1.54, 1.807) is 18.5 Å². The number of H-pyrrole nitrogens is 1. The fourth-order valence-electron chi connectivity index (χ4n) is 2.85. The number of carbonyl (C=O) groups is 1. The lowest BCUT2D eigenvalue weighted by molar-refractivity contribution is 0.0931. The van der Waals surface area contributed by atoms with Gasteiger partial charge in [0.15, 0.2) is 0 Å². The van der Waals surface area contributed by atoms with Gasteiger partial charge in [0.1, 0.15) is 11.9 Å². The van der Waals surface area contributed by atoms with Crippen LogP contribution < -0.4 is 5.32 Å². The first-order valence-electron chi connectivity index (χ1n) is 8.14. The van der Waals surface area contributed by atoms with E-state index in [1.807, 2.05) is 25.1 Å². The number of aromatic amines is 1. The van der Waals surface area contributed by atoms with Gasteiger partial charge in [-0.05, 0) is 25.1 Å². The highest BCUT2D eigenvalue weighted by molar-refractivity contribution is 5.90. The summed E-state index contributed by atoms with van der Waals surface area (Å²) in [7, 11) is 0. The molecule has 1 aliphatic rings. The predicted molar refractivity (Wildman–Crippen MR) is 93.4 cm³/mol. The van der Waals surface area contributed by atoms with Crippen molar-refractivity contribution in [1.29, 1.82) is 0 Å². The molecule has 0 bridgehead atoms. The summed E-state index contributed by atoms with van der Waals surface area (Å²) in [5.74, 6) is 0.440. The molecule has 0 aromatic carbocycles. The van der Waals surface area contributed by atoms with Crippen molar-refractivity contribution in [3.8, 4) is 11.3 Å². The number of amides is 1. The first-order chi connectivity index (χ1) is 12.2. The van der Waals surface area contributed by atoms with Gasteiger partial charge in [0.25, 0.3) is 0 Å². The normalized spacial score (nSPS) is 16.9. The average molecular weight is 338 g/mol. The highest BCUT2D eigenvalue weighted by Gasteiger charge is 2.20. The number of hydrogen-bond acceptors (Lipinski definition) is 5. The van der Waals surface area contributed by atoms with E-state index in [9.17, 15) is 4.79 Å². The van der Waals surface area contributed by atoms with Gasteiger partial charge >= 0.3 is 6.09 Å².